The van der Waals surface area contributed by atoms with Crippen LogP contribution in [0.1, 0.15) is 23.2 Å². The van der Waals surface area contributed by atoms with E-state index in [9.17, 15) is 0 Å². The largest absolute Gasteiger partial charge is 0.347 e. The van der Waals surface area contributed by atoms with Gasteiger partial charge in [-0.3, -0.25) is 0 Å². The fourth-order valence-corrected chi connectivity index (χ4v) is 3.05. The molecule has 24 heavy (non-hydrogen) atoms. The van der Waals surface area contributed by atoms with Crippen LogP contribution >= 0.6 is 0 Å². The van der Waals surface area contributed by atoms with Gasteiger partial charge in [0, 0.05) is 5.69 Å². The highest BCUT2D eigenvalue weighted by molar-refractivity contribution is 5.95. The second-order valence-electron chi connectivity index (χ2n) is 5.86. The Balaban J connectivity index is 1.65. The van der Waals surface area contributed by atoms with Crippen LogP contribution in [0.4, 0.5) is 5.69 Å². The van der Waals surface area contributed by atoms with Crippen LogP contribution in [0, 0.1) is 0 Å². The summed E-state index contributed by atoms with van der Waals surface area (Å²) in [6, 6.07) is 31.2. The Hall–Kier alpha value is -3.07. The van der Waals surface area contributed by atoms with Crippen molar-refractivity contribution in [3.05, 3.63) is 102 Å². The summed E-state index contributed by atoms with van der Waals surface area (Å²) in [5.41, 5.74) is 3.48. The van der Waals surface area contributed by atoms with Crippen LogP contribution in [0.2, 0.25) is 0 Å². The molecule has 3 heteroatoms. The molecule has 0 saturated heterocycles. The zero-order valence-corrected chi connectivity index (χ0v) is 13.3. The Morgan fingerprint density at radius 1 is 0.667 bits per heavy atom. The number of anilines is 1. The lowest BCUT2D eigenvalue weighted by Crippen LogP contribution is -2.29. The van der Waals surface area contributed by atoms with Crippen LogP contribution in [0.5, 0.6) is 0 Å². The van der Waals surface area contributed by atoms with Crippen molar-refractivity contribution in [2.75, 3.05) is 5.32 Å². The van der Waals surface area contributed by atoms with Gasteiger partial charge in [0.1, 0.15) is 6.04 Å². The van der Waals surface area contributed by atoms with Crippen molar-refractivity contribution >= 4 is 11.6 Å². The Morgan fingerprint density at radius 3 is 1.83 bits per heavy atom. The SMILES string of the molecule is c1ccc(NC2=N[C@@H](c3ccccc3)[C@H](c3ccccc3)N2)cc1. The normalized spacial score (nSPS) is 19.4. The van der Waals surface area contributed by atoms with Crippen LogP contribution in [0.15, 0.2) is 96.0 Å². The quantitative estimate of drug-likeness (QED) is 0.745. The third-order valence-electron chi connectivity index (χ3n) is 4.21. The van der Waals surface area contributed by atoms with Gasteiger partial charge in [-0.05, 0) is 23.3 Å². The third kappa shape index (κ3) is 3.01. The lowest BCUT2D eigenvalue weighted by Gasteiger charge is -2.19. The smallest absolute Gasteiger partial charge is 0.197 e. The molecule has 4 rings (SSSR count). The molecule has 1 aliphatic rings. The van der Waals surface area contributed by atoms with Gasteiger partial charge in [-0.25, -0.2) is 4.99 Å². The molecule has 0 saturated carbocycles. The lowest BCUT2D eigenvalue weighted by molar-refractivity contribution is 0.572. The number of hydrogen-bond donors (Lipinski definition) is 2. The van der Waals surface area contributed by atoms with Gasteiger partial charge in [0.15, 0.2) is 5.96 Å². The predicted octanol–water partition coefficient (Wildman–Crippen LogP) is 4.54. The number of benzene rings is 3. The van der Waals surface area contributed by atoms with Gasteiger partial charge in [0.05, 0.1) is 6.04 Å². The van der Waals surface area contributed by atoms with Crippen molar-refractivity contribution in [3.63, 3.8) is 0 Å². The predicted molar refractivity (Wildman–Crippen MR) is 99.0 cm³/mol. The van der Waals surface area contributed by atoms with Crippen molar-refractivity contribution in [1.29, 1.82) is 0 Å². The minimum atomic E-state index is 0.0554. The van der Waals surface area contributed by atoms with Gasteiger partial charge < -0.3 is 10.6 Å². The van der Waals surface area contributed by atoms with Crippen LogP contribution in [-0.2, 0) is 0 Å². The van der Waals surface area contributed by atoms with E-state index in [1.165, 1.54) is 11.1 Å². The Labute approximate surface area is 142 Å². The van der Waals surface area contributed by atoms with E-state index in [-0.39, 0.29) is 12.1 Å². The zero-order valence-electron chi connectivity index (χ0n) is 13.3. The summed E-state index contributed by atoms with van der Waals surface area (Å²) in [5, 5.41) is 6.92. The minimum absolute atomic E-state index is 0.0554. The van der Waals surface area contributed by atoms with E-state index in [4.69, 9.17) is 4.99 Å². The first kappa shape index (κ1) is 14.5. The topological polar surface area (TPSA) is 36.4 Å². The summed E-state index contributed by atoms with van der Waals surface area (Å²) in [6.45, 7) is 0. The van der Waals surface area contributed by atoms with E-state index >= 15 is 0 Å². The Morgan fingerprint density at radius 2 is 1.21 bits per heavy atom. The Kier molecular flexibility index (Phi) is 3.98. The van der Waals surface area contributed by atoms with Crippen LogP contribution < -0.4 is 10.6 Å². The third-order valence-corrected chi connectivity index (χ3v) is 4.21. The molecule has 0 bridgehead atoms. The molecular formula is C21H19N3. The van der Waals surface area contributed by atoms with Gasteiger partial charge in [0.25, 0.3) is 0 Å². The number of para-hydroxylation sites is 1. The summed E-state index contributed by atoms with van der Waals surface area (Å²) in [7, 11) is 0. The highest BCUT2D eigenvalue weighted by Gasteiger charge is 2.31. The number of nitrogens with zero attached hydrogens (tertiary/aromatic N) is 1. The lowest BCUT2D eigenvalue weighted by atomic mass is 9.95. The molecule has 0 amide bonds. The van der Waals surface area contributed by atoms with Gasteiger partial charge in [0.2, 0.25) is 0 Å². The summed E-state index contributed by atoms with van der Waals surface area (Å²) in [4.78, 5) is 4.91. The summed E-state index contributed by atoms with van der Waals surface area (Å²) in [5.74, 6) is 0.809. The summed E-state index contributed by atoms with van der Waals surface area (Å²) in [6.07, 6.45) is 0. The number of guanidine groups is 1. The van der Waals surface area contributed by atoms with Crippen LogP contribution in [0.3, 0.4) is 0 Å². The van der Waals surface area contributed by atoms with Crippen LogP contribution in [0.25, 0.3) is 0 Å². The maximum Gasteiger partial charge on any atom is 0.197 e. The van der Waals surface area contributed by atoms with E-state index in [1.807, 2.05) is 42.5 Å². The molecule has 0 unspecified atom stereocenters. The van der Waals surface area contributed by atoms with Gasteiger partial charge in [-0.1, -0.05) is 78.9 Å². The fraction of sp³-hybridized carbons (Fsp3) is 0.0952. The molecule has 2 N–H and O–H groups in total. The molecule has 3 aromatic carbocycles. The monoisotopic (exact) mass is 313 g/mol. The minimum Gasteiger partial charge on any atom is -0.347 e. The summed E-state index contributed by atoms with van der Waals surface area (Å²) >= 11 is 0. The Bertz CT molecular complexity index is 813. The van der Waals surface area contributed by atoms with Crippen molar-refractivity contribution < 1.29 is 0 Å². The van der Waals surface area contributed by atoms with E-state index in [0.29, 0.717) is 0 Å². The molecule has 0 aromatic heterocycles. The second-order valence-corrected chi connectivity index (χ2v) is 5.86. The fourth-order valence-electron chi connectivity index (χ4n) is 3.05. The standard InChI is InChI=1S/C21H19N3/c1-4-10-16(11-5-1)19-20(17-12-6-2-7-13-17)24-21(23-19)22-18-14-8-3-9-15-18/h1-15,19-20H,(H2,22,23,24)/t19-,20-/m0/s1. The highest BCUT2D eigenvalue weighted by Crippen LogP contribution is 2.35. The van der Waals surface area contributed by atoms with E-state index in [1.54, 1.807) is 0 Å². The first-order valence-corrected chi connectivity index (χ1v) is 8.16. The molecule has 0 aliphatic carbocycles. The molecule has 118 valence electrons. The molecule has 2 atom stereocenters. The molecule has 3 aromatic rings. The molecular weight excluding hydrogens is 294 g/mol. The average molecular weight is 313 g/mol. The van der Waals surface area contributed by atoms with E-state index in [0.717, 1.165) is 11.6 Å². The maximum atomic E-state index is 4.91. The first-order valence-electron chi connectivity index (χ1n) is 8.16. The number of rotatable bonds is 3. The van der Waals surface area contributed by atoms with Crippen molar-refractivity contribution in [1.82, 2.24) is 5.32 Å². The zero-order chi connectivity index (χ0) is 16.2. The van der Waals surface area contributed by atoms with Gasteiger partial charge in [-0.2, -0.15) is 0 Å². The van der Waals surface area contributed by atoms with Crippen molar-refractivity contribution in [3.8, 4) is 0 Å². The van der Waals surface area contributed by atoms with Gasteiger partial charge in [-0.15, -0.1) is 0 Å². The first-order chi connectivity index (χ1) is 11.9. The molecule has 0 radical (unpaired) electrons. The molecule has 3 nitrogen and oxygen atoms in total. The molecule has 1 heterocycles. The van der Waals surface area contributed by atoms with Crippen molar-refractivity contribution in [2.45, 2.75) is 12.1 Å². The number of nitrogens with one attached hydrogen (secondary N) is 2. The van der Waals surface area contributed by atoms with Crippen molar-refractivity contribution in [2.24, 2.45) is 4.99 Å². The average Bonchev–Trinajstić information content (AvgIpc) is 3.08. The number of hydrogen-bond acceptors (Lipinski definition) is 3. The summed E-state index contributed by atoms with van der Waals surface area (Å²) < 4.78 is 0. The molecule has 0 fully saturated rings. The molecule has 0 spiro atoms. The van der Waals surface area contributed by atoms with E-state index < -0.39 is 0 Å². The van der Waals surface area contributed by atoms with E-state index in [2.05, 4.69) is 59.2 Å². The second kappa shape index (κ2) is 6.59. The maximum absolute atomic E-state index is 4.91. The highest BCUT2D eigenvalue weighted by atomic mass is 15.3. The molecule has 1 aliphatic heterocycles. The number of aliphatic imine (C=N–C) groups is 1. The van der Waals surface area contributed by atoms with Gasteiger partial charge >= 0.3 is 0 Å². The van der Waals surface area contributed by atoms with Crippen LogP contribution in [-0.4, -0.2) is 5.96 Å².